The molecule has 17 nitrogen and oxygen atoms in total. The summed E-state index contributed by atoms with van der Waals surface area (Å²) in [4.78, 5) is 73.0. The minimum atomic E-state index is -4.96. The smallest absolute Gasteiger partial charge is 0.462 e. The van der Waals surface area contributed by atoms with Crippen LogP contribution in [0.2, 0.25) is 0 Å². The fourth-order valence-electron chi connectivity index (χ4n) is 12.4. The van der Waals surface area contributed by atoms with Gasteiger partial charge in [-0.2, -0.15) is 0 Å². The van der Waals surface area contributed by atoms with Crippen molar-refractivity contribution in [3.63, 3.8) is 0 Å². The van der Waals surface area contributed by atoms with Crippen LogP contribution in [-0.2, 0) is 65.4 Å². The Morgan fingerprint density at radius 3 is 0.710 bits per heavy atom. The summed E-state index contributed by atoms with van der Waals surface area (Å²) in [5, 5.41) is 10.6. The minimum Gasteiger partial charge on any atom is -0.462 e. The second-order valence-electron chi connectivity index (χ2n) is 30.8. The summed E-state index contributed by atoms with van der Waals surface area (Å²) in [6, 6.07) is 0. The van der Waals surface area contributed by atoms with Crippen molar-refractivity contribution in [2.75, 3.05) is 39.6 Å². The monoisotopic (exact) mass is 1470 g/mol. The van der Waals surface area contributed by atoms with Crippen molar-refractivity contribution in [1.29, 1.82) is 0 Å². The van der Waals surface area contributed by atoms with Gasteiger partial charge >= 0.3 is 39.5 Å². The van der Waals surface area contributed by atoms with Crippen LogP contribution in [0.1, 0.15) is 415 Å². The van der Waals surface area contributed by atoms with Crippen molar-refractivity contribution in [3.05, 3.63) is 0 Å². The number of phosphoric acid groups is 2. The highest BCUT2D eigenvalue weighted by molar-refractivity contribution is 7.47. The molecule has 19 heteroatoms. The van der Waals surface area contributed by atoms with Crippen molar-refractivity contribution in [3.8, 4) is 0 Å². The van der Waals surface area contributed by atoms with Gasteiger partial charge in [-0.15, -0.1) is 0 Å². The van der Waals surface area contributed by atoms with Gasteiger partial charge in [-0.25, -0.2) is 9.13 Å². The first-order valence-corrected chi connectivity index (χ1v) is 44.7. The molecule has 0 saturated carbocycles. The minimum absolute atomic E-state index is 0.106. The zero-order valence-corrected chi connectivity index (χ0v) is 67.6. The number of phosphoric ester groups is 2. The molecule has 100 heavy (non-hydrogen) atoms. The standard InChI is InChI=1S/C81H158O17P2/c1-9-74(8)60-52-44-35-29-23-16-13-14-18-26-32-38-48-56-63-80(85)97-76(67-91-78(83)61-53-45-36-30-24-20-19-22-28-34-42-50-58-72(4)5)69-95-99(87,88)93-65-75(82)66-94-100(89,90)96-70-77(68-92-79(84)62-54-46-40-39-43-51-59-73(6)7)98-81(86)64-55-47-37-31-25-17-12-10-11-15-21-27-33-41-49-57-71(2)3/h71-77,82H,9-70H2,1-8H3,(H,87,88)(H,89,90)/t74?,75?,76-,77-/m1/s1. The molecule has 0 aromatic rings. The van der Waals surface area contributed by atoms with Crippen molar-refractivity contribution >= 4 is 39.5 Å². The first-order chi connectivity index (χ1) is 48.1. The Kier molecular flexibility index (Phi) is 68.7. The van der Waals surface area contributed by atoms with E-state index in [1.165, 1.54) is 212 Å². The van der Waals surface area contributed by atoms with Gasteiger partial charge in [-0.3, -0.25) is 37.3 Å². The average Bonchev–Trinajstić information content (AvgIpc) is 0.967. The van der Waals surface area contributed by atoms with Gasteiger partial charge < -0.3 is 33.8 Å². The predicted octanol–water partition coefficient (Wildman–Crippen LogP) is 24.0. The molecule has 0 rings (SSSR count). The van der Waals surface area contributed by atoms with Crippen molar-refractivity contribution in [2.45, 2.75) is 433 Å². The van der Waals surface area contributed by atoms with E-state index >= 15 is 0 Å². The molecule has 0 aliphatic carbocycles. The molecule has 0 fully saturated rings. The zero-order chi connectivity index (χ0) is 73.8. The van der Waals surface area contributed by atoms with Gasteiger partial charge in [0.15, 0.2) is 12.2 Å². The molecule has 0 aliphatic rings. The van der Waals surface area contributed by atoms with Crippen LogP contribution in [0.5, 0.6) is 0 Å². The lowest BCUT2D eigenvalue weighted by atomic mass is 9.99. The number of carbonyl (C=O) groups is 4. The Bertz CT molecular complexity index is 1960. The van der Waals surface area contributed by atoms with Crippen molar-refractivity contribution < 1.29 is 80.2 Å². The summed E-state index contributed by atoms with van der Waals surface area (Å²) in [5.41, 5.74) is 0. The first kappa shape index (κ1) is 98.1. The Morgan fingerprint density at radius 1 is 0.280 bits per heavy atom. The molecule has 0 amide bonds. The van der Waals surface area contributed by atoms with Crippen LogP contribution in [0.25, 0.3) is 0 Å². The van der Waals surface area contributed by atoms with E-state index in [4.69, 9.17) is 37.0 Å². The van der Waals surface area contributed by atoms with Crippen LogP contribution in [0.3, 0.4) is 0 Å². The van der Waals surface area contributed by atoms with Gasteiger partial charge in [0.05, 0.1) is 26.4 Å². The van der Waals surface area contributed by atoms with Crippen LogP contribution >= 0.6 is 15.6 Å². The Hall–Kier alpha value is -1.94. The molecule has 3 N–H and O–H groups in total. The van der Waals surface area contributed by atoms with Gasteiger partial charge in [-0.1, -0.05) is 364 Å². The lowest BCUT2D eigenvalue weighted by Crippen LogP contribution is -2.30. The summed E-state index contributed by atoms with van der Waals surface area (Å²) in [6.07, 6.45) is 57.0. The average molecular weight is 1470 g/mol. The molecule has 0 aliphatic heterocycles. The van der Waals surface area contributed by atoms with E-state index in [0.717, 1.165) is 114 Å². The first-order valence-electron chi connectivity index (χ1n) is 41.7. The molecule has 0 heterocycles. The molecule has 0 radical (unpaired) electrons. The third-order valence-electron chi connectivity index (χ3n) is 19.2. The van der Waals surface area contributed by atoms with Crippen LogP contribution < -0.4 is 0 Å². The quantitative estimate of drug-likeness (QED) is 0.0222. The van der Waals surface area contributed by atoms with Crippen molar-refractivity contribution in [1.82, 2.24) is 0 Å². The number of carbonyl (C=O) groups excluding carboxylic acids is 4. The van der Waals surface area contributed by atoms with E-state index in [9.17, 15) is 43.2 Å². The van der Waals surface area contributed by atoms with Crippen LogP contribution in [-0.4, -0.2) is 96.7 Å². The number of unbranched alkanes of at least 4 members (excludes halogenated alkanes) is 43. The van der Waals surface area contributed by atoms with Crippen molar-refractivity contribution in [2.24, 2.45) is 23.7 Å². The van der Waals surface area contributed by atoms with Crippen LogP contribution in [0, 0.1) is 23.7 Å². The van der Waals surface area contributed by atoms with Gasteiger partial charge in [0.2, 0.25) is 0 Å². The van der Waals surface area contributed by atoms with Crippen LogP contribution in [0.15, 0.2) is 0 Å². The van der Waals surface area contributed by atoms with E-state index in [2.05, 4.69) is 55.4 Å². The third-order valence-corrected chi connectivity index (χ3v) is 21.1. The van der Waals surface area contributed by atoms with Gasteiger partial charge in [0.25, 0.3) is 0 Å². The number of aliphatic hydroxyl groups excluding tert-OH is 1. The zero-order valence-electron chi connectivity index (χ0n) is 65.8. The summed E-state index contributed by atoms with van der Waals surface area (Å²) in [5.74, 6) is 0.994. The number of hydrogen-bond acceptors (Lipinski definition) is 15. The Morgan fingerprint density at radius 2 is 0.480 bits per heavy atom. The third kappa shape index (κ3) is 73.0. The largest absolute Gasteiger partial charge is 0.472 e. The highest BCUT2D eigenvalue weighted by Gasteiger charge is 2.30. The molecule has 0 spiro atoms. The van der Waals surface area contributed by atoms with E-state index < -0.39 is 97.5 Å². The summed E-state index contributed by atoms with van der Waals surface area (Å²) in [6.45, 7) is 14.3. The molecule has 4 unspecified atom stereocenters. The lowest BCUT2D eigenvalue weighted by molar-refractivity contribution is -0.161. The topological polar surface area (TPSA) is 237 Å². The molecule has 0 bridgehead atoms. The lowest BCUT2D eigenvalue weighted by Gasteiger charge is -2.21. The number of aliphatic hydroxyl groups is 1. The van der Waals surface area contributed by atoms with Gasteiger partial charge in [-0.05, 0) is 49.4 Å². The van der Waals surface area contributed by atoms with E-state index in [1.807, 2.05) is 0 Å². The molecule has 0 saturated heterocycles. The summed E-state index contributed by atoms with van der Waals surface area (Å²) < 4.78 is 68.7. The maximum atomic E-state index is 13.1. The van der Waals surface area contributed by atoms with Gasteiger partial charge in [0, 0.05) is 25.7 Å². The summed E-state index contributed by atoms with van der Waals surface area (Å²) in [7, 11) is -9.92. The number of hydrogen-bond donors (Lipinski definition) is 3. The maximum absolute atomic E-state index is 13.1. The second-order valence-corrected chi connectivity index (χ2v) is 33.7. The van der Waals surface area contributed by atoms with E-state index in [0.29, 0.717) is 31.6 Å². The van der Waals surface area contributed by atoms with E-state index in [1.54, 1.807) is 0 Å². The number of esters is 4. The fourth-order valence-corrected chi connectivity index (χ4v) is 14.0. The molecule has 0 aromatic carbocycles. The summed E-state index contributed by atoms with van der Waals surface area (Å²) >= 11 is 0. The Labute approximate surface area is 613 Å². The van der Waals surface area contributed by atoms with Crippen LogP contribution in [0.4, 0.5) is 0 Å². The highest BCUT2D eigenvalue weighted by atomic mass is 31.2. The van der Waals surface area contributed by atoms with Gasteiger partial charge in [0.1, 0.15) is 19.3 Å². The SMILES string of the molecule is CCC(C)CCCCCCCCCCCCCCCCC(=O)O[C@H](COC(=O)CCCCCCCCCCCCCCC(C)C)COP(=O)(O)OCC(O)COP(=O)(O)OC[C@@H](COC(=O)CCCCCCCCC(C)C)OC(=O)CCCCCCCCCCCCCCCCCC(C)C. The Balaban J connectivity index is 5.23. The maximum Gasteiger partial charge on any atom is 0.472 e. The highest BCUT2D eigenvalue weighted by Crippen LogP contribution is 2.45. The molecule has 594 valence electrons. The molecule has 0 aromatic heterocycles. The molecular formula is C81H158O17P2. The fraction of sp³-hybridized carbons (Fsp3) is 0.951. The number of ether oxygens (including phenoxy) is 4. The van der Waals surface area contributed by atoms with E-state index in [-0.39, 0.29) is 25.7 Å². The second kappa shape index (κ2) is 70.1. The predicted molar refractivity (Wildman–Crippen MR) is 409 cm³/mol. The normalized spacial score (nSPS) is 14.3. The number of rotatable bonds is 78. The molecular weight excluding hydrogens is 1310 g/mol. The molecule has 6 atom stereocenters.